The van der Waals surface area contributed by atoms with Gasteiger partial charge in [-0.15, -0.1) is 0 Å². The average Bonchev–Trinajstić information content (AvgIpc) is 2.39. The predicted octanol–water partition coefficient (Wildman–Crippen LogP) is 2.67. The summed E-state index contributed by atoms with van der Waals surface area (Å²) in [6.07, 6.45) is 2.76. The Morgan fingerprint density at radius 2 is 2.18 bits per heavy atom. The van der Waals surface area contributed by atoms with Gasteiger partial charge < -0.3 is 10.2 Å². The minimum atomic E-state index is -0.993. The van der Waals surface area contributed by atoms with E-state index in [1.54, 1.807) is 0 Å². The van der Waals surface area contributed by atoms with Gasteiger partial charge in [0, 0.05) is 9.65 Å². The van der Waals surface area contributed by atoms with Crippen molar-refractivity contribution in [2.75, 3.05) is 0 Å². The number of carbonyl (C=O) groups is 1. The van der Waals surface area contributed by atoms with Gasteiger partial charge in [-0.1, -0.05) is 6.07 Å². The van der Waals surface area contributed by atoms with Gasteiger partial charge in [0.05, 0.1) is 0 Å². The van der Waals surface area contributed by atoms with Crippen LogP contribution < -0.4 is 0 Å². The number of hydrogen-bond acceptors (Lipinski definition) is 2. The highest BCUT2D eigenvalue weighted by Crippen LogP contribution is 2.33. The molecule has 1 aliphatic carbocycles. The highest BCUT2D eigenvalue weighted by molar-refractivity contribution is 14.1. The normalized spacial score (nSPS) is 22.0. The molecule has 4 heteroatoms. The standard InChI is InChI=1S/C13H13IO3/c14-10-4-5-11-8(6-10)2-1-3-9(13(11)17)7-12(15)16/h4-7,13,17H,1-3H2,(H,15,16)/b9-7+. The predicted molar refractivity (Wildman–Crippen MR) is 72.8 cm³/mol. The maximum absolute atomic E-state index is 10.7. The Kier molecular flexibility index (Phi) is 3.83. The smallest absolute Gasteiger partial charge is 0.328 e. The molecule has 0 saturated heterocycles. The van der Waals surface area contributed by atoms with Gasteiger partial charge in [0.1, 0.15) is 6.10 Å². The van der Waals surface area contributed by atoms with Crippen LogP contribution in [0.25, 0.3) is 0 Å². The van der Waals surface area contributed by atoms with Crippen LogP contribution >= 0.6 is 22.6 Å². The first kappa shape index (κ1) is 12.6. The molecule has 90 valence electrons. The lowest BCUT2D eigenvalue weighted by Crippen LogP contribution is -2.04. The van der Waals surface area contributed by atoms with Crippen molar-refractivity contribution >= 4 is 28.6 Å². The van der Waals surface area contributed by atoms with Crippen molar-refractivity contribution in [3.8, 4) is 0 Å². The Morgan fingerprint density at radius 3 is 2.88 bits per heavy atom. The van der Waals surface area contributed by atoms with Gasteiger partial charge >= 0.3 is 5.97 Å². The van der Waals surface area contributed by atoms with Crippen molar-refractivity contribution in [2.45, 2.75) is 25.4 Å². The van der Waals surface area contributed by atoms with E-state index >= 15 is 0 Å². The van der Waals surface area contributed by atoms with E-state index in [0.717, 1.165) is 33.6 Å². The number of aliphatic hydroxyl groups excluding tert-OH is 1. The van der Waals surface area contributed by atoms with Gasteiger partial charge in [-0.05, 0) is 70.7 Å². The molecule has 2 rings (SSSR count). The van der Waals surface area contributed by atoms with Crippen LogP contribution in [0.4, 0.5) is 0 Å². The Morgan fingerprint density at radius 1 is 1.41 bits per heavy atom. The molecule has 1 atom stereocenters. The monoisotopic (exact) mass is 344 g/mol. The summed E-state index contributed by atoms with van der Waals surface area (Å²) in [5.41, 5.74) is 2.56. The summed E-state index contributed by atoms with van der Waals surface area (Å²) >= 11 is 2.24. The highest BCUT2D eigenvalue weighted by atomic mass is 127. The number of hydrogen-bond donors (Lipinski definition) is 2. The molecule has 1 aliphatic rings. The van der Waals surface area contributed by atoms with Crippen LogP contribution in [-0.2, 0) is 11.2 Å². The number of benzene rings is 1. The van der Waals surface area contributed by atoms with Gasteiger partial charge in [0.25, 0.3) is 0 Å². The van der Waals surface area contributed by atoms with E-state index in [2.05, 4.69) is 28.7 Å². The molecule has 0 radical (unpaired) electrons. The molecule has 3 nitrogen and oxygen atoms in total. The van der Waals surface area contributed by atoms with E-state index in [0.29, 0.717) is 12.0 Å². The van der Waals surface area contributed by atoms with Crippen LogP contribution in [0.3, 0.4) is 0 Å². The number of rotatable bonds is 1. The van der Waals surface area contributed by atoms with Crippen molar-refractivity contribution in [1.29, 1.82) is 0 Å². The quantitative estimate of drug-likeness (QED) is 0.468. The fraction of sp³-hybridized carbons (Fsp3) is 0.308. The van der Waals surface area contributed by atoms with Crippen molar-refractivity contribution in [2.24, 2.45) is 0 Å². The summed E-state index contributed by atoms with van der Waals surface area (Å²) < 4.78 is 1.14. The summed E-state index contributed by atoms with van der Waals surface area (Å²) in [6.45, 7) is 0. The molecular weight excluding hydrogens is 331 g/mol. The van der Waals surface area contributed by atoms with E-state index in [4.69, 9.17) is 5.11 Å². The summed E-state index contributed by atoms with van der Waals surface area (Å²) in [6, 6.07) is 5.89. The first-order chi connectivity index (χ1) is 8.08. The van der Waals surface area contributed by atoms with Crippen LogP contribution in [0.1, 0.15) is 30.1 Å². The molecule has 0 amide bonds. The number of fused-ring (bicyclic) bond motifs is 1. The van der Waals surface area contributed by atoms with Crippen LogP contribution in [0.2, 0.25) is 0 Å². The van der Waals surface area contributed by atoms with Crippen LogP contribution in [0, 0.1) is 3.57 Å². The van der Waals surface area contributed by atoms with E-state index < -0.39 is 12.1 Å². The van der Waals surface area contributed by atoms with Crippen molar-refractivity contribution < 1.29 is 15.0 Å². The molecule has 0 aliphatic heterocycles. The molecule has 17 heavy (non-hydrogen) atoms. The first-order valence-corrected chi connectivity index (χ1v) is 6.55. The topological polar surface area (TPSA) is 57.5 Å². The maximum atomic E-state index is 10.7. The van der Waals surface area contributed by atoms with Gasteiger partial charge in [-0.25, -0.2) is 4.79 Å². The Labute approximate surface area is 113 Å². The molecule has 0 heterocycles. The molecule has 1 aromatic carbocycles. The number of halogens is 1. The zero-order chi connectivity index (χ0) is 12.4. The molecule has 0 saturated carbocycles. The number of carboxylic acids is 1. The third-order valence-corrected chi connectivity index (χ3v) is 3.64. The van der Waals surface area contributed by atoms with Crippen LogP contribution in [0.5, 0.6) is 0 Å². The summed E-state index contributed by atoms with van der Waals surface area (Å²) in [7, 11) is 0. The summed E-state index contributed by atoms with van der Waals surface area (Å²) in [5, 5.41) is 19.0. The molecule has 0 aromatic heterocycles. The van der Waals surface area contributed by atoms with Crippen LogP contribution in [0.15, 0.2) is 29.8 Å². The fourth-order valence-electron chi connectivity index (χ4n) is 2.19. The lowest BCUT2D eigenvalue weighted by Gasteiger charge is -2.14. The number of aliphatic carboxylic acids is 1. The first-order valence-electron chi connectivity index (χ1n) is 5.47. The van der Waals surface area contributed by atoms with Crippen molar-refractivity contribution in [3.63, 3.8) is 0 Å². The second-order valence-electron chi connectivity index (χ2n) is 4.16. The number of aliphatic hydroxyl groups is 1. The maximum Gasteiger partial charge on any atom is 0.328 e. The van der Waals surface area contributed by atoms with Gasteiger partial charge in [0.2, 0.25) is 0 Å². The van der Waals surface area contributed by atoms with Gasteiger partial charge in [-0.2, -0.15) is 0 Å². The molecule has 1 aromatic rings. The molecular formula is C13H13IO3. The van der Waals surface area contributed by atoms with E-state index in [1.165, 1.54) is 0 Å². The third-order valence-electron chi connectivity index (χ3n) is 2.97. The Bertz CT molecular complexity index is 480. The minimum Gasteiger partial charge on any atom is -0.478 e. The van der Waals surface area contributed by atoms with Gasteiger partial charge in [-0.3, -0.25) is 0 Å². The molecule has 0 bridgehead atoms. The van der Waals surface area contributed by atoms with E-state index in [1.807, 2.05) is 12.1 Å². The summed E-state index contributed by atoms with van der Waals surface area (Å²) in [5.74, 6) is -0.993. The minimum absolute atomic E-state index is 0.595. The zero-order valence-corrected chi connectivity index (χ0v) is 11.3. The zero-order valence-electron chi connectivity index (χ0n) is 9.19. The van der Waals surface area contributed by atoms with Crippen molar-refractivity contribution in [1.82, 2.24) is 0 Å². The largest absolute Gasteiger partial charge is 0.478 e. The third kappa shape index (κ3) is 2.87. The Hall–Kier alpha value is -0.880. The second kappa shape index (κ2) is 5.18. The highest BCUT2D eigenvalue weighted by Gasteiger charge is 2.21. The van der Waals surface area contributed by atoms with E-state index in [-0.39, 0.29) is 0 Å². The fourth-order valence-corrected chi connectivity index (χ4v) is 2.74. The summed E-state index contributed by atoms with van der Waals surface area (Å²) in [4.78, 5) is 10.7. The van der Waals surface area contributed by atoms with E-state index in [9.17, 15) is 9.90 Å². The average molecular weight is 344 g/mol. The molecule has 1 unspecified atom stereocenters. The van der Waals surface area contributed by atoms with Crippen molar-refractivity contribution in [3.05, 3.63) is 44.5 Å². The molecule has 0 fully saturated rings. The molecule has 2 N–H and O–H groups in total. The lowest BCUT2D eigenvalue weighted by molar-refractivity contribution is -0.131. The van der Waals surface area contributed by atoms with Gasteiger partial charge in [0.15, 0.2) is 0 Å². The number of carboxylic acid groups (broad SMARTS) is 1. The van der Waals surface area contributed by atoms with Crippen LogP contribution in [-0.4, -0.2) is 16.2 Å². The number of aryl methyl sites for hydroxylation is 1. The SMILES string of the molecule is O=C(O)/C=C1\CCCc2cc(I)ccc2C1O. The second-order valence-corrected chi connectivity index (χ2v) is 5.40. The Balaban J connectivity index is 2.43. The lowest BCUT2D eigenvalue weighted by atomic mass is 9.98. The molecule has 0 spiro atoms.